The molecule has 35 heavy (non-hydrogen) atoms. The fraction of sp³-hybridized carbons (Fsp3) is 0.458. The number of carbonyl (C=O) groups excluding carboxylic acids is 2. The van der Waals surface area contributed by atoms with Gasteiger partial charge in [0.15, 0.2) is 1.41 Å². The van der Waals surface area contributed by atoms with Gasteiger partial charge in [-0.15, -0.1) is 0 Å². The van der Waals surface area contributed by atoms with Gasteiger partial charge in [0.2, 0.25) is 0 Å². The third-order valence-electron chi connectivity index (χ3n) is 5.32. The van der Waals surface area contributed by atoms with Gasteiger partial charge in [-0.3, -0.25) is 4.98 Å². The molecule has 11 nitrogen and oxygen atoms in total. The Balaban J connectivity index is 1.60. The van der Waals surface area contributed by atoms with Gasteiger partial charge in [0.25, 0.3) is 0 Å². The molecule has 3 rings (SSSR count). The maximum atomic E-state index is 12.4. The van der Waals surface area contributed by atoms with Crippen LogP contribution in [-0.2, 0) is 35.0 Å². The number of aromatic nitrogens is 1. The predicted molar refractivity (Wildman–Crippen MR) is 122 cm³/mol. The summed E-state index contributed by atoms with van der Waals surface area (Å²) in [4.78, 5) is 28.6. The predicted octanol–water partition coefficient (Wildman–Crippen LogP) is 2.34. The molecule has 190 valence electrons. The first kappa shape index (κ1) is 24.9. The minimum Gasteiger partial charge on any atom is -0.447 e. The molecule has 0 unspecified atom stereocenters. The van der Waals surface area contributed by atoms with Crippen LogP contribution in [0.1, 0.15) is 5.69 Å². The van der Waals surface area contributed by atoms with Crippen LogP contribution in [-0.4, -0.2) is 82.3 Å². The van der Waals surface area contributed by atoms with E-state index in [2.05, 4.69) is 4.98 Å². The Morgan fingerprint density at radius 2 is 1.54 bits per heavy atom. The zero-order chi connectivity index (χ0) is 25.9. The Hall–Kier alpha value is -3.25. The number of nitrogens with one attached hydrogen (secondary N) is 1. The second kappa shape index (κ2) is 13.6. The highest BCUT2D eigenvalue weighted by Gasteiger charge is 2.48. The molecule has 1 aromatic heterocycles. The molecule has 11 heteroatoms. The van der Waals surface area contributed by atoms with Gasteiger partial charge in [-0.2, -0.15) is 0 Å². The standard InChI is InChI=1S/C24H30N2O9/c1-29-20-18(14-32-23(27)26-13-16-9-7-8-12-25-16)35-19(21(30-2)22(20)31-3)15-33-24(28)34-17-10-5-4-6-11-17/h4-12,18-22H,13-15H2,1-3H3,(H,26,27)/t18-,19+,20-,21+,22+/m0/s1/i/hD. The number of hydrogen-bond acceptors (Lipinski definition) is 10. The number of nitrogens with zero attached hydrogens (tertiary/aromatic N) is 1. The van der Waals surface area contributed by atoms with Crippen molar-refractivity contribution < 1.29 is 44.2 Å². The van der Waals surface area contributed by atoms with Crippen LogP contribution in [0.4, 0.5) is 9.59 Å². The normalized spacial score (nSPS) is 24.2. The molecule has 1 saturated heterocycles. The second-order valence-corrected chi connectivity index (χ2v) is 7.50. The molecule has 1 aromatic carbocycles. The summed E-state index contributed by atoms with van der Waals surface area (Å²) in [6.45, 7) is -0.503. The topological polar surface area (TPSA) is 124 Å². The average Bonchev–Trinajstić information content (AvgIpc) is 2.90. The van der Waals surface area contributed by atoms with Crippen molar-refractivity contribution in [1.29, 1.82) is 0 Å². The molecule has 2 heterocycles. The van der Waals surface area contributed by atoms with Gasteiger partial charge in [0.1, 0.15) is 49.5 Å². The summed E-state index contributed by atoms with van der Waals surface area (Å²) in [5.74, 6) is 0.333. The van der Waals surface area contributed by atoms with E-state index >= 15 is 0 Å². The van der Waals surface area contributed by atoms with Crippen molar-refractivity contribution in [2.45, 2.75) is 37.1 Å². The fourth-order valence-electron chi connectivity index (χ4n) is 3.70. The Morgan fingerprint density at radius 1 is 0.914 bits per heavy atom. The first-order valence-electron chi connectivity index (χ1n) is 11.4. The highest BCUT2D eigenvalue weighted by molar-refractivity contribution is 5.67. The zero-order valence-electron chi connectivity index (χ0n) is 20.8. The monoisotopic (exact) mass is 491 g/mol. The Morgan fingerprint density at radius 3 is 2.14 bits per heavy atom. The maximum Gasteiger partial charge on any atom is 0.513 e. The highest BCUT2D eigenvalue weighted by Crippen LogP contribution is 2.28. The van der Waals surface area contributed by atoms with Crippen LogP contribution < -0.4 is 10.0 Å². The Bertz CT molecular complexity index is 953. The molecule has 1 aliphatic heterocycles. The van der Waals surface area contributed by atoms with Crippen LogP contribution in [0.3, 0.4) is 0 Å². The minimum atomic E-state index is -0.912. The number of pyridine rings is 1. The number of methoxy groups -OCH3 is 3. The molecular formula is C24H30N2O9. The van der Waals surface area contributed by atoms with E-state index < -0.39 is 42.8 Å². The first-order valence-corrected chi connectivity index (χ1v) is 10.9. The van der Waals surface area contributed by atoms with E-state index in [1.54, 1.807) is 54.7 Å². The molecule has 1 aliphatic rings. The molecule has 1 N–H and O–H groups in total. The van der Waals surface area contributed by atoms with Crippen molar-refractivity contribution in [3.8, 4) is 5.75 Å². The molecule has 1 amide bonds. The van der Waals surface area contributed by atoms with Gasteiger partial charge in [-0.25, -0.2) is 9.59 Å². The van der Waals surface area contributed by atoms with Crippen molar-refractivity contribution in [3.63, 3.8) is 0 Å². The highest BCUT2D eigenvalue weighted by atomic mass is 16.7. The van der Waals surface area contributed by atoms with E-state index in [9.17, 15) is 9.59 Å². The lowest BCUT2D eigenvalue weighted by molar-refractivity contribution is -0.253. The fourth-order valence-corrected chi connectivity index (χ4v) is 3.70. The van der Waals surface area contributed by atoms with Crippen molar-refractivity contribution in [3.05, 3.63) is 60.4 Å². The van der Waals surface area contributed by atoms with Gasteiger partial charge in [0.05, 0.1) is 12.2 Å². The average molecular weight is 492 g/mol. The summed E-state index contributed by atoms with van der Waals surface area (Å²) in [6.07, 6.45) is -3.76. The summed E-state index contributed by atoms with van der Waals surface area (Å²) in [6, 6.07) is 13.7. The number of benzene rings is 1. The van der Waals surface area contributed by atoms with Crippen molar-refractivity contribution in [1.82, 2.24) is 10.3 Å². The first-order chi connectivity index (χ1) is 17.5. The number of amides is 1. The number of hydrogen-bond donors (Lipinski definition) is 1. The van der Waals surface area contributed by atoms with Crippen LogP contribution in [0.2, 0.25) is 1.41 Å². The van der Waals surface area contributed by atoms with E-state index in [0.29, 0.717) is 16.8 Å². The molecule has 0 radical (unpaired) electrons. The van der Waals surface area contributed by atoms with E-state index in [-0.39, 0.29) is 19.8 Å². The summed E-state index contributed by atoms with van der Waals surface area (Å²) < 4.78 is 46.4. The number of para-hydroxylation sites is 1. The van der Waals surface area contributed by atoms with Crippen LogP contribution >= 0.6 is 0 Å². The minimum absolute atomic E-state index is 0.0503. The lowest BCUT2D eigenvalue weighted by atomic mass is 9.94. The lowest BCUT2D eigenvalue weighted by Gasteiger charge is -2.44. The SMILES string of the molecule is [2H]N(Cc1ccccn1)C(=O)OC[C@@H]1O[C@H](COC(=O)Oc2ccccc2)[C@@H](OC)[C@H](OC)[C@H]1OC. The summed E-state index contributed by atoms with van der Waals surface area (Å²) in [5, 5.41) is 0.652. The second-order valence-electron chi connectivity index (χ2n) is 7.50. The smallest absolute Gasteiger partial charge is 0.447 e. The van der Waals surface area contributed by atoms with Crippen molar-refractivity contribution in [2.75, 3.05) is 34.5 Å². The molecule has 2 aromatic rings. The van der Waals surface area contributed by atoms with E-state index in [4.69, 9.17) is 34.6 Å². The molecule has 0 bridgehead atoms. The quantitative estimate of drug-likeness (QED) is 0.391. The molecule has 5 atom stereocenters. The zero-order valence-corrected chi connectivity index (χ0v) is 19.8. The van der Waals surface area contributed by atoms with Gasteiger partial charge in [-0.05, 0) is 24.3 Å². The third-order valence-corrected chi connectivity index (χ3v) is 5.32. The number of alkyl carbamates (subject to hydrolysis) is 1. The van der Waals surface area contributed by atoms with Crippen LogP contribution in [0.25, 0.3) is 0 Å². The Labute approximate surface area is 205 Å². The number of ether oxygens (including phenoxy) is 7. The van der Waals surface area contributed by atoms with E-state index in [0.717, 1.165) is 0 Å². The molecule has 0 aliphatic carbocycles. The molecule has 0 saturated carbocycles. The molecular weight excluding hydrogens is 460 g/mol. The molecule has 1 fully saturated rings. The van der Waals surface area contributed by atoms with Gasteiger partial charge >= 0.3 is 12.2 Å². The Kier molecular flexibility index (Phi) is 9.65. The van der Waals surface area contributed by atoms with Crippen LogP contribution in [0, 0.1) is 0 Å². The van der Waals surface area contributed by atoms with Gasteiger partial charge in [0, 0.05) is 27.5 Å². The largest absolute Gasteiger partial charge is 0.513 e. The van der Waals surface area contributed by atoms with E-state index in [1.165, 1.54) is 21.3 Å². The lowest BCUT2D eigenvalue weighted by Crippen LogP contribution is -2.61. The third kappa shape index (κ3) is 7.62. The molecule has 0 spiro atoms. The summed E-state index contributed by atoms with van der Waals surface area (Å²) in [7, 11) is 4.42. The summed E-state index contributed by atoms with van der Waals surface area (Å²) >= 11 is 0. The number of rotatable bonds is 10. The van der Waals surface area contributed by atoms with Crippen LogP contribution in [0.15, 0.2) is 54.7 Å². The van der Waals surface area contributed by atoms with Crippen LogP contribution in [0.5, 0.6) is 5.75 Å². The summed E-state index contributed by atoms with van der Waals surface area (Å²) in [5.41, 5.74) is 0.537. The van der Waals surface area contributed by atoms with Gasteiger partial charge < -0.3 is 38.5 Å². The maximum absolute atomic E-state index is 12.4. The van der Waals surface area contributed by atoms with E-state index in [1.807, 2.05) is 0 Å². The number of carbonyl (C=O) groups is 2. The van der Waals surface area contributed by atoms with Gasteiger partial charge in [-0.1, -0.05) is 24.3 Å². The van der Waals surface area contributed by atoms with Crippen molar-refractivity contribution >= 4 is 12.2 Å². The van der Waals surface area contributed by atoms with Crippen molar-refractivity contribution in [2.24, 2.45) is 0 Å².